The monoisotopic (exact) mass is 599 g/mol. The summed E-state index contributed by atoms with van der Waals surface area (Å²) in [7, 11) is 0. The first-order valence-corrected chi connectivity index (χ1v) is 14.1. The summed E-state index contributed by atoms with van der Waals surface area (Å²) < 4.78 is 3.20. The minimum Gasteiger partial charge on any atom is -0.395 e. The van der Waals surface area contributed by atoms with E-state index in [2.05, 4.69) is 26.7 Å². The van der Waals surface area contributed by atoms with Crippen molar-refractivity contribution in [3.63, 3.8) is 0 Å². The predicted molar refractivity (Wildman–Crippen MR) is 161 cm³/mol. The highest BCUT2D eigenvalue weighted by Gasteiger charge is 2.34. The van der Waals surface area contributed by atoms with Crippen molar-refractivity contribution in [2.75, 3.05) is 11.9 Å². The van der Waals surface area contributed by atoms with Crippen molar-refractivity contribution < 1.29 is 9.90 Å². The first kappa shape index (κ1) is 28.9. The number of nitriles is 1. The number of aromatic nitrogens is 5. The van der Waals surface area contributed by atoms with Crippen LogP contribution >= 0.6 is 22.9 Å². The lowest BCUT2D eigenvalue weighted by molar-refractivity contribution is 0.0616. The lowest BCUT2D eigenvalue weighted by Gasteiger charge is -2.20. The van der Waals surface area contributed by atoms with Crippen LogP contribution in [-0.4, -0.2) is 42.2 Å². The van der Waals surface area contributed by atoms with Crippen LogP contribution < -0.4 is 10.9 Å². The number of carbonyl (C=O) groups is 1. The van der Waals surface area contributed by atoms with Gasteiger partial charge >= 0.3 is 0 Å². The van der Waals surface area contributed by atoms with Gasteiger partial charge in [0.05, 0.1) is 41.3 Å². The first-order valence-electron chi connectivity index (χ1n) is 12.9. The molecule has 0 aliphatic heterocycles. The number of halogens is 1. The van der Waals surface area contributed by atoms with Gasteiger partial charge in [-0.05, 0) is 54.8 Å². The molecule has 0 saturated carbocycles. The van der Waals surface area contributed by atoms with Crippen LogP contribution in [0.3, 0.4) is 0 Å². The fourth-order valence-electron chi connectivity index (χ4n) is 4.33. The second kappa shape index (κ2) is 12.1. The lowest BCUT2D eigenvalue weighted by Crippen LogP contribution is -2.34. The molecule has 12 heteroatoms. The largest absolute Gasteiger partial charge is 0.395 e. The van der Waals surface area contributed by atoms with Crippen LogP contribution in [0.1, 0.15) is 34.6 Å². The van der Waals surface area contributed by atoms with Gasteiger partial charge in [-0.1, -0.05) is 41.9 Å². The number of hydrogen-bond acceptors (Lipinski definition) is 9. The Labute approximate surface area is 250 Å². The summed E-state index contributed by atoms with van der Waals surface area (Å²) in [5.41, 5.74) is 1.17. The van der Waals surface area contributed by atoms with Crippen LogP contribution in [0.2, 0.25) is 4.34 Å². The van der Waals surface area contributed by atoms with Gasteiger partial charge < -0.3 is 15.0 Å². The Hall–Kier alpha value is -4.63. The zero-order valence-corrected chi connectivity index (χ0v) is 24.4. The molecule has 4 aromatic heterocycles. The fourth-order valence-corrected chi connectivity index (χ4v) is 5.36. The highest BCUT2D eigenvalue weighted by Crippen LogP contribution is 2.33. The Morgan fingerprint density at radius 3 is 2.55 bits per heavy atom. The van der Waals surface area contributed by atoms with Crippen molar-refractivity contribution in [1.82, 2.24) is 24.5 Å². The molecule has 0 amide bonds. The van der Waals surface area contributed by atoms with Crippen molar-refractivity contribution in [3.8, 4) is 28.6 Å². The molecule has 4 heterocycles. The number of carbonyl (C=O) groups excluding carboxylic acids is 1. The third-order valence-corrected chi connectivity index (χ3v) is 7.92. The highest BCUT2D eigenvalue weighted by molar-refractivity contribution is 7.16. The maximum Gasteiger partial charge on any atom is 0.256 e. The summed E-state index contributed by atoms with van der Waals surface area (Å²) in [6.45, 7) is 3.14. The molecule has 5 aromatic rings. The maximum absolute atomic E-state index is 13.7. The molecule has 0 aliphatic rings. The molecular formula is C30H26ClN7O3S. The molecule has 0 unspecified atom stereocenters. The van der Waals surface area contributed by atoms with Gasteiger partial charge in [0.1, 0.15) is 17.3 Å². The standard InChI is InChI=1S/C30H26ClN7O3S/c1-30(2,18-39)29(41)38-28(33-16-22-8-9-25(31)42-22)23(14-32)27(36-38)24-12-21(20-6-4-3-5-7-20)13-26(40)37(24)17-19-10-11-34-35-15-19/h3-13,15,33,39H,16-18H2,1-2H3. The van der Waals surface area contributed by atoms with Gasteiger partial charge in [0.25, 0.3) is 11.5 Å². The van der Waals surface area contributed by atoms with Crippen molar-refractivity contribution >= 4 is 34.7 Å². The average molecular weight is 600 g/mol. The zero-order chi connectivity index (χ0) is 29.9. The Balaban J connectivity index is 1.74. The van der Waals surface area contributed by atoms with E-state index in [9.17, 15) is 20.0 Å². The number of nitrogens with one attached hydrogen (secondary N) is 1. The summed E-state index contributed by atoms with van der Waals surface area (Å²) in [6.07, 6.45) is 3.08. The smallest absolute Gasteiger partial charge is 0.256 e. The second-order valence-electron chi connectivity index (χ2n) is 10.2. The SMILES string of the molecule is CC(C)(CO)C(=O)n1nc(-c2cc(-c3ccccc3)cc(=O)n2Cc2ccnnc2)c(C#N)c1NCc1ccc(Cl)s1. The van der Waals surface area contributed by atoms with E-state index >= 15 is 0 Å². The Morgan fingerprint density at radius 1 is 1.12 bits per heavy atom. The maximum atomic E-state index is 13.7. The van der Waals surface area contributed by atoms with E-state index in [0.717, 1.165) is 15.1 Å². The van der Waals surface area contributed by atoms with E-state index in [1.807, 2.05) is 36.4 Å². The van der Waals surface area contributed by atoms with E-state index in [4.69, 9.17) is 11.6 Å². The number of aliphatic hydroxyl groups is 1. The van der Waals surface area contributed by atoms with Gasteiger partial charge in [-0.2, -0.15) is 25.2 Å². The molecule has 0 aliphatic carbocycles. The van der Waals surface area contributed by atoms with E-state index in [1.165, 1.54) is 28.2 Å². The summed E-state index contributed by atoms with van der Waals surface area (Å²) in [6, 6.07) is 20.2. The molecule has 1 aromatic carbocycles. The molecule has 0 bridgehead atoms. The molecule has 0 atom stereocenters. The van der Waals surface area contributed by atoms with E-state index < -0.39 is 17.9 Å². The number of nitrogens with zero attached hydrogens (tertiary/aromatic N) is 6. The minimum atomic E-state index is -1.20. The van der Waals surface area contributed by atoms with Gasteiger partial charge in [0.2, 0.25) is 0 Å². The number of aliphatic hydroxyl groups excluding tert-OH is 1. The summed E-state index contributed by atoms with van der Waals surface area (Å²) in [5, 5.41) is 35.9. The van der Waals surface area contributed by atoms with Gasteiger partial charge in [-0.15, -0.1) is 11.3 Å². The van der Waals surface area contributed by atoms with E-state index in [-0.39, 0.29) is 35.7 Å². The quantitative estimate of drug-likeness (QED) is 0.239. The molecule has 0 spiro atoms. The van der Waals surface area contributed by atoms with Gasteiger partial charge in [0, 0.05) is 17.1 Å². The number of hydrogen-bond donors (Lipinski definition) is 2. The summed E-state index contributed by atoms with van der Waals surface area (Å²) in [4.78, 5) is 28.2. The highest BCUT2D eigenvalue weighted by atomic mass is 35.5. The van der Waals surface area contributed by atoms with Crippen LogP contribution in [0.15, 0.2) is 77.9 Å². The van der Waals surface area contributed by atoms with E-state index in [1.54, 1.807) is 38.2 Å². The molecule has 0 fully saturated rings. The van der Waals surface area contributed by atoms with Gasteiger partial charge in [0.15, 0.2) is 5.82 Å². The van der Waals surface area contributed by atoms with Crippen molar-refractivity contribution in [2.45, 2.75) is 26.9 Å². The molecule has 0 radical (unpaired) electrons. The van der Waals surface area contributed by atoms with Crippen molar-refractivity contribution in [1.29, 1.82) is 5.26 Å². The minimum absolute atomic E-state index is 0.0750. The Morgan fingerprint density at radius 2 is 1.90 bits per heavy atom. The summed E-state index contributed by atoms with van der Waals surface area (Å²) >= 11 is 7.47. The average Bonchev–Trinajstić information content (AvgIpc) is 3.59. The van der Waals surface area contributed by atoms with Crippen LogP contribution in [0.4, 0.5) is 5.82 Å². The number of rotatable bonds is 9. The molecule has 10 nitrogen and oxygen atoms in total. The predicted octanol–water partition coefficient (Wildman–Crippen LogP) is 5.07. The zero-order valence-electron chi connectivity index (χ0n) is 22.8. The van der Waals surface area contributed by atoms with Gasteiger partial charge in [-0.25, -0.2) is 0 Å². The molecule has 2 N–H and O–H groups in total. The topological polar surface area (TPSA) is 139 Å². The number of pyridine rings is 1. The Bertz CT molecular complexity index is 1840. The van der Waals surface area contributed by atoms with Crippen LogP contribution in [0.5, 0.6) is 0 Å². The lowest BCUT2D eigenvalue weighted by atomic mass is 9.94. The molecule has 212 valence electrons. The molecule has 0 saturated heterocycles. The van der Waals surface area contributed by atoms with Crippen molar-refractivity contribution in [3.05, 3.63) is 104 Å². The van der Waals surface area contributed by atoms with Crippen LogP contribution in [0.25, 0.3) is 22.5 Å². The van der Waals surface area contributed by atoms with Crippen LogP contribution in [-0.2, 0) is 13.1 Å². The third-order valence-electron chi connectivity index (χ3n) is 6.69. The third kappa shape index (κ3) is 5.87. The first-order chi connectivity index (χ1) is 20.2. The summed E-state index contributed by atoms with van der Waals surface area (Å²) in [5.74, 6) is -0.371. The normalized spacial score (nSPS) is 11.3. The molecular weight excluding hydrogens is 574 g/mol. The molecule has 5 rings (SSSR count). The molecule has 42 heavy (non-hydrogen) atoms. The number of benzene rings is 1. The second-order valence-corrected chi connectivity index (χ2v) is 12.0. The Kier molecular flexibility index (Phi) is 8.31. The van der Waals surface area contributed by atoms with Crippen LogP contribution in [0, 0.1) is 16.7 Å². The number of thiophene rings is 1. The number of anilines is 1. The fraction of sp³-hybridized carbons (Fsp3) is 0.200. The van der Waals surface area contributed by atoms with Crippen molar-refractivity contribution in [2.24, 2.45) is 5.41 Å². The van der Waals surface area contributed by atoms with Gasteiger partial charge in [-0.3, -0.25) is 9.59 Å². The van der Waals surface area contributed by atoms with E-state index in [0.29, 0.717) is 21.2 Å².